The van der Waals surface area contributed by atoms with Gasteiger partial charge in [0.15, 0.2) is 23.3 Å². The van der Waals surface area contributed by atoms with Gasteiger partial charge in [-0.1, -0.05) is 0 Å². The largest absolute Gasteiger partial charge is 0.352 e. The molecule has 106 valence electrons. The number of halogens is 4. The Morgan fingerprint density at radius 2 is 1.32 bits per heavy atom. The summed E-state index contributed by atoms with van der Waals surface area (Å²) >= 11 is 0. The van der Waals surface area contributed by atoms with Crippen molar-refractivity contribution >= 4 is 5.84 Å². The summed E-state index contributed by atoms with van der Waals surface area (Å²) in [5.74, 6) is -6.68. The van der Waals surface area contributed by atoms with Crippen LogP contribution in [-0.4, -0.2) is 22.8 Å². The number of nitrogens with zero attached hydrogens (tertiary/aromatic N) is 1. The van der Waals surface area contributed by atoms with Crippen LogP contribution in [0.2, 0.25) is 0 Å². The van der Waals surface area contributed by atoms with E-state index in [1.807, 2.05) is 0 Å². The number of hydrogen-bond donors (Lipinski definition) is 1. The highest BCUT2D eigenvalue weighted by atomic mass is 19.2. The Hall–Kier alpha value is -1.59. The Labute approximate surface area is 109 Å². The zero-order valence-electron chi connectivity index (χ0n) is 11.2. The third kappa shape index (κ3) is 2.88. The molecule has 0 saturated heterocycles. The molecule has 0 atom stereocenters. The van der Waals surface area contributed by atoms with E-state index < -0.39 is 34.7 Å². The fourth-order valence-electron chi connectivity index (χ4n) is 2.02. The van der Waals surface area contributed by atoms with E-state index in [0.29, 0.717) is 0 Å². The Kier molecular flexibility index (Phi) is 4.55. The molecule has 6 heteroatoms. The van der Waals surface area contributed by atoms with Crippen molar-refractivity contribution in [3.8, 4) is 0 Å². The van der Waals surface area contributed by atoms with Gasteiger partial charge < -0.3 is 4.90 Å². The van der Waals surface area contributed by atoms with Gasteiger partial charge in [-0.05, 0) is 27.7 Å². The normalized spacial score (nSPS) is 11.3. The molecule has 2 nitrogen and oxygen atoms in total. The van der Waals surface area contributed by atoms with E-state index in [4.69, 9.17) is 5.41 Å². The lowest BCUT2D eigenvalue weighted by atomic mass is 10.1. The van der Waals surface area contributed by atoms with Gasteiger partial charge in [0.1, 0.15) is 5.84 Å². The van der Waals surface area contributed by atoms with E-state index in [1.165, 1.54) is 4.90 Å². The minimum atomic E-state index is -1.55. The maximum absolute atomic E-state index is 13.6. The van der Waals surface area contributed by atoms with Crippen molar-refractivity contribution in [2.45, 2.75) is 39.8 Å². The molecule has 0 aliphatic rings. The molecule has 1 rings (SSSR count). The van der Waals surface area contributed by atoms with Crippen LogP contribution in [0, 0.1) is 28.7 Å². The molecule has 0 bridgehead atoms. The predicted octanol–water partition coefficient (Wildman–Crippen LogP) is 3.69. The third-order valence-electron chi connectivity index (χ3n) is 2.72. The summed E-state index contributed by atoms with van der Waals surface area (Å²) in [6, 6.07) is -0.341. The fraction of sp³-hybridized carbons (Fsp3) is 0.462. The van der Waals surface area contributed by atoms with Gasteiger partial charge in [0.05, 0.1) is 5.56 Å². The molecule has 0 unspecified atom stereocenters. The number of nitrogens with one attached hydrogen (secondary N) is 1. The number of rotatable bonds is 3. The first kappa shape index (κ1) is 15.5. The van der Waals surface area contributed by atoms with Gasteiger partial charge in [-0.15, -0.1) is 0 Å². The minimum Gasteiger partial charge on any atom is -0.352 e. The van der Waals surface area contributed by atoms with E-state index in [0.717, 1.165) is 0 Å². The highest BCUT2D eigenvalue weighted by Crippen LogP contribution is 2.22. The summed E-state index contributed by atoms with van der Waals surface area (Å²) in [7, 11) is 0. The zero-order chi connectivity index (χ0) is 14.9. The minimum absolute atomic E-state index is 0.135. The van der Waals surface area contributed by atoms with Crippen molar-refractivity contribution < 1.29 is 17.6 Å². The molecule has 19 heavy (non-hydrogen) atoms. The van der Waals surface area contributed by atoms with Crippen LogP contribution in [0.5, 0.6) is 0 Å². The number of hydrogen-bond acceptors (Lipinski definition) is 1. The highest BCUT2D eigenvalue weighted by molar-refractivity contribution is 5.97. The van der Waals surface area contributed by atoms with Gasteiger partial charge in [0.25, 0.3) is 0 Å². The second kappa shape index (κ2) is 5.59. The Bertz CT molecular complexity index is 464. The summed E-state index contributed by atoms with van der Waals surface area (Å²) in [4.78, 5) is 1.38. The predicted molar refractivity (Wildman–Crippen MR) is 65.2 cm³/mol. The maximum Gasteiger partial charge on any atom is 0.172 e. The van der Waals surface area contributed by atoms with Gasteiger partial charge in [0, 0.05) is 18.2 Å². The van der Waals surface area contributed by atoms with Gasteiger partial charge in [-0.25, -0.2) is 17.6 Å². The quantitative estimate of drug-likeness (QED) is 0.387. The van der Waals surface area contributed by atoms with E-state index in [1.54, 1.807) is 27.7 Å². The molecule has 0 heterocycles. The van der Waals surface area contributed by atoms with Gasteiger partial charge in [0.2, 0.25) is 0 Å². The summed E-state index contributed by atoms with van der Waals surface area (Å²) in [5, 5.41) is 7.84. The SMILES string of the molecule is CC(C)N(C(=N)c1c(F)c(F)cc(F)c1F)C(C)C. The lowest BCUT2D eigenvalue weighted by molar-refractivity contribution is 0.288. The van der Waals surface area contributed by atoms with E-state index in [9.17, 15) is 17.6 Å². The summed E-state index contributed by atoms with van der Waals surface area (Å²) < 4.78 is 53.6. The average Bonchev–Trinajstić information content (AvgIpc) is 2.25. The molecule has 1 aromatic rings. The van der Waals surface area contributed by atoms with Gasteiger partial charge in [-0.3, -0.25) is 5.41 Å². The molecular formula is C13H16F4N2. The summed E-state index contributed by atoms with van der Waals surface area (Å²) in [6.07, 6.45) is 0. The lowest BCUT2D eigenvalue weighted by Gasteiger charge is -2.33. The molecular weight excluding hydrogens is 260 g/mol. The zero-order valence-corrected chi connectivity index (χ0v) is 11.2. The van der Waals surface area contributed by atoms with E-state index in [-0.39, 0.29) is 18.2 Å². The molecule has 0 radical (unpaired) electrons. The van der Waals surface area contributed by atoms with Gasteiger partial charge >= 0.3 is 0 Å². The van der Waals surface area contributed by atoms with Crippen molar-refractivity contribution in [1.29, 1.82) is 5.41 Å². The molecule has 0 aliphatic heterocycles. The van der Waals surface area contributed by atoms with Gasteiger partial charge in [-0.2, -0.15) is 0 Å². The summed E-state index contributed by atoms with van der Waals surface area (Å²) in [6.45, 7) is 6.89. The second-order valence-electron chi connectivity index (χ2n) is 4.79. The Morgan fingerprint density at radius 3 is 1.63 bits per heavy atom. The molecule has 0 spiro atoms. The fourth-order valence-corrected chi connectivity index (χ4v) is 2.02. The number of amidine groups is 1. The molecule has 1 aromatic carbocycles. The van der Waals surface area contributed by atoms with Crippen LogP contribution in [-0.2, 0) is 0 Å². The topological polar surface area (TPSA) is 27.1 Å². The lowest BCUT2D eigenvalue weighted by Crippen LogP contribution is -2.43. The highest BCUT2D eigenvalue weighted by Gasteiger charge is 2.27. The molecule has 0 saturated carbocycles. The monoisotopic (exact) mass is 276 g/mol. The number of benzene rings is 1. The van der Waals surface area contributed by atoms with Crippen molar-refractivity contribution in [3.05, 3.63) is 34.9 Å². The van der Waals surface area contributed by atoms with Crippen LogP contribution >= 0.6 is 0 Å². The standard InChI is InChI=1S/C13H16F4N2/c1-6(2)19(7(3)4)13(18)10-11(16)8(14)5-9(15)12(10)17/h5-7,18H,1-4H3. The maximum atomic E-state index is 13.6. The van der Waals surface area contributed by atoms with Crippen molar-refractivity contribution in [3.63, 3.8) is 0 Å². The van der Waals surface area contributed by atoms with E-state index in [2.05, 4.69) is 0 Å². The first-order chi connectivity index (χ1) is 8.68. The molecule has 0 fully saturated rings. The molecule has 1 N–H and O–H groups in total. The van der Waals surface area contributed by atoms with Crippen molar-refractivity contribution in [2.24, 2.45) is 0 Å². The third-order valence-corrected chi connectivity index (χ3v) is 2.72. The molecule has 0 aromatic heterocycles. The van der Waals surface area contributed by atoms with Crippen LogP contribution in [0.25, 0.3) is 0 Å². The second-order valence-corrected chi connectivity index (χ2v) is 4.79. The first-order valence-electron chi connectivity index (χ1n) is 5.88. The molecule has 0 aliphatic carbocycles. The smallest absolute Gasteiger partial charge is 0.172 e. The van der Waals surface area contributed by atoms with Crippen molar-refractivity contribution in [2.75, 3.05) is 0 Å². The first-order valence-corrected chi connectivity index (χ1v) is 5.88. The van der Waals surface area contributed by atoms with Crippen LogP contribution in [0.15, 0.2) is 6.07 Å². The average molecular weight is 276 g/mol. The Morgan fingerprint density at radius 1 is 0.947 bits per heavy atom. The Balaban J connectivity index is 3.41. The van der Waals surface area contributed by atoms with Crippen molar-refractivity contribution in [1.82, 2.24) is 4.90 Å². The van der Waals surface area contributed by atoms with E-state index >= 15 is 0 Å². The van der Waals surface area contributed by atoms with Crippen LogP contribution < -0.4 is 0 Å². The molecule has 0 amide bonds. The van der Waals surface area contributed by atoms with Crippen LogP contribution in [0.1, 0.15) is 33.3 Å². The van der Waals surface area contributed by atoms with Crippen LogP contribution in [0.4, 0.5) is 17.6 Å². The van der Waals surface area contributed by atoms with Crippen LogP contribution in [0.3, 0.4) is 0 Å². The summed E-state index contributed by atoms with van der Waals surface area (Å²) in [5.41, 5.74) is -0.972.